The zero-order valence-corrected chi connectivity index (χ0v) is 44.3. The van der Waals surface area contributed by atoms with Crippen LogP contribution < -0.4 is 0 Å². The maximum absolute atomic E-state index is 6.46. The zero-order chi connectivity index (χ0) is 51.7. The van der Waals surface area contributed by atoms with Crippen molar-refractivity contribution in [3.8, 4) is 66.8 Å². The number of fused-ring (bicyclic) bond motifs is 13. The van der Waals surface area contributed by atoms with E-state index in [-0.39, 0.29) is 14.5 Å². The molecule has 0 aliphatic heterocycles. The molecule has 0 aliphatic carbocycles. The summed E-state index contributed by atoms with van der Waals surface area (Å²) in [6, 6.07) is 98.3. The molecule has 3 heterocycles. The van der Waals surface area contributed by atoms with Gasteiger partial charge in [-0.2, -0.15) is 0 Å². The van der Waals surface area contributed by atoms with E-state index in [2.05, 4.69) is 267 Å². The molecule has 0 saturated heterocycles. The fraction of sp³-hybridized carbons (Fsp3) is 0. The second-order valence-corrected chi connectivity index (χ2v) is 23.3. The molecular formula is C76H44O2Se. The van der Waals surface area contributed by atoms with E-state index in [1.165, 1.54) is 129 Å². The summed E-state index contributed by atoms with van der Waals surface area (Å²) in [7, 11) is 0. The van der Waals surface area contributed by atoms with Gasteiger partial charge in [0.05, 0.1) is 0 Å². The first-order chi connectivity index (χ1) is 39.1. The molecule has 17 rings (SSSR count). The predicted octanol–water partition coefficient (Wildman–Crippen LogP) is 21.5. The van der Waals surface area contributed by atoms with E-state index in [0.717, 1.165) is 43.9 Å². The van der Waals surface area contributed by atoms with Gasteiger partial charge in [0, 0.05) is 0 Å². The molecule has 0 spiro atoms. The first-order valence-electron chi connectivity index (χ1n) is 27.0. The Morgan fingerprint density at radius 1 is 0.177 bits per heavy atom. The molecule has 2 nitrogen and oxygen atoms in total. The second kappa shape index (κ2) is 17.4. The molecule has 3 aromatic heterocycles. The average molecular weight is 1070 g/mol. The van der Waals surface area contributed by atoms with Crippen molar-refractivity contribution in [1.82, 2.24) is 0 Å². The van der Waals surface area contributed by atoms with Crippen LogP contribution in [0.1, 0.15) is 0 Å². The van der Waals surface area contributed by atoms with Gasteiger partial charge in [-0.05, 0) is 40.5 Å². The molecule has 0 saturated carbocycles. The summed E-state index contributed by atoms with van der Waals surface area (Å²) in [5.41, 5.74) is 18.2. The summed E-state index contributed by atoms with van der Waals surface area (Å²) in [5, 5.41) is 17.1. The van der Waals surface area contributed by atoms with Crippen molar-refractivity contribution in [2.45, 2.75) is 0 Å². The molecule has 366 valence electrons. The van der Waals surface area contributed by atoms with E-state index in [4.69, 9.17) is 8.83 Å². The number of furan rings is 2. The van der Waals surface area contributed by atoms with Gasteiger partial charge in [-0.15, -0.1) is 0 Å². The summed E-state index contributed by atoms with van der Waals surface area (Å²) in [6.45, 7) is 0. The molecule has 17 aromatic rings. The van der Waals surface area contributed by atoms with Gasteiger partial charge in [-0.1, -0.05) is 72.8 Å². The summed E-state index contributed by atoms with van der Waals surface area (Å²) in [4.78, 5) is 0. The molecule has 0 fully saturated rings. The topological polar surface area (TPSA) is 26.3 Å². The quantitative estimate of drug-likeness (QED) is 0.123. The molecule has 0 atom stereocenters. The Morgan fingerprint density at radius 2 is 0.468 bits per heavy atom. The normalized spacial score (nSPS) is 12.1. The fourth-order valence-corrected chi connectivity index (χ4v) is 15.4. The minimum absolute atomic E-state index is 0.139. The fourth-order valence-electron chi connectivity index (χ4n) is 13.1. The third-order valence-corrected chi connectivity index (χ3v) is 19.0. The SMILES string of the molecule is c1ccc(-c2ccc3oc4ccc(-c5c6ccccc6c(-c6ccc7c(c6)[se]c6ccc(-c8c9ccccc9c(-c9ccc%10oc%11ccc(-c%12ccccc%12)cc%11c%10c9)c9ccccc89)cc67)c6ccccc56)cc4c3c2)cc1. The van der Waals surface area contributed by atoms with Crippen LogP contribution in [-0.4, -0.2) is 14.5 Å². The van der Waals surface area contributed by atoms with E-state index in [1.54, 1.807) is 0 Å². The minimum Gasteiger partial charge on any atom is -0.0617 e. The van der Waals surface area contributed by atoms with Crippen LogP contribution in [0.3, 0.4) is 0 Å². The second-order valence-electron chi connectivity index (χ2n) is 21.0. The monoisotopic (exact) mass is 1070 g/mol. The molecule has 3 heteroatoms. The van der Waals surface area contributed by atoms with E-state index in [1.807, 2.05) is 0 Å². The van der Waals surface area contributed by atoms with E-state index in [9.17, 15) is 0 Å². The number of hydrogen-bond donors (Lipinski definition) is 0. The van der Waals surface area contributed by atoms with Crippen LogP contribution in [0.15, 0.2) is 276 Å². The van der Waals surface area contributed by atoms with Crippen LogP contribution in [0.25, 0.3) is 173 Å². The molecule has 0 aliphatic rings. The van der Waals surface area contributed by atoms with Crippen LogP contribution >= 0.6 is 0 Å². The Balaban J connectivity index is 0.794. The number of benzene rings is 14. The smallest absolute Gasteiger partial charge is 0.0617 e. The van der Waals surface area contributed by atoms with Gasteiger partial charge in [0.25, 0.3) is 0 Å². The van der Waals surface area contributed by atoms with Gasteiger partial charge in [0.1, 0.15) is 5.58 Å². The molecule has 79 heavy (non-hydrogen) atoms. The van der Waals surface area contributed by atoms with Crippen LogP contribution in [-0.2, 0) is 0 Å². The van der Waals surface area contributed by atoms with Gasteiger partial charge in [0.15, 0.2) is 0 Å². The van der Waals surface area contributed by atoms with Gasteiger partial charge in [0.2, 0.25) is 0 Å². The van der Waals surface area contributed by atoms with E-state index in [0.29, 0.717) is 0 Å². The van der Waals surface area contributed by atoms with E-state index < -0.39 is 0 Å². The van der Waals surface area contributed by atoms with Gasteiger partial charge in [-0.25, -0.2) is 0 Å². The Morgan fingerprint density at radius 3 is 0.848 bits per heavy atom. The third-order valence-electron chi connectivity index (χ3n) is 16.6. The van der Waals surface area contributed by atoms with Crippen LogP contribution in [0.2, 0.25) is 0 Å². The Bertz CT molecular complexity index is 5250. The molecule has 0 amide bonds. The van der Waals surface area contributed by atoms with Crippen molar-refractivity contribution >= 4 is 121 Å². The van der Waals surface area contributed by atoms with Crippen molar-refractivity contribution in [1.29, 1.82) is 0 Å². The number of hydrogen-bond acceptors (Lipinski definition) is 2. The molecule has 0 N–H and O–H groups in total. The Kier molecular flexibility index (Phi) is 9.76. The summed E-state index contributed by atoms with van der Waals surface area (Å²) in [6.07, 6.45) is 0. The standard InChI is InChI=1S/C76H44O2Se/c1-3-15-45(16-4-1)47-28-34-67-62(39-47)64-41-49(30-36-69(64)77-67)73-54-19-7-9-21-56(54)75(57-22-10-8-20-55(57)73)51-32-38-71-66(43-51)53-33-27-52(44-72(53)79-71)76-60-25-13-11-23-58(60)74(59-24-12-14-26-61(59)76)50-31-37-70-65(42-50)63-40-48(29-35-68(63)78-70)46-17-5-2-6-18-46/h1-44H. The Labute approximate surface area is 460 Å². The predicted molar refractivity (Wildman–Crippen MR) is 336 cm³/mol. The van der Waals surface area contributed by atoms with Crippen molar-refractivity contribution in [2.24, 2.45) is 0 Å². The van der Waals surface area contributed by atoms with Crippen molar-refractivity contribution in [3.63, 3.8) is 0 Å². The molecule has 0 unspecified atom stereocenters. The molecule has 14 aromatic carbocycles. The van der Waals surface area contributed by atoms with Gasteiger partial charge < -0.3 is 4.42 Å². The zero-order valence-electron chi connectivity index (χ0n) is 42.6. The first-order valence-corrected chi connectivity index (χ1v) is 28.7. The summed E-state index contributed by atoms with van der Waals surface area (Å²) < 4.78 is 15.8. The van der Waals surface area contributed by atoms with Gasteiger partial charge >= 0.3 is 340 Å². The number of rotatable bonds is 6. The van der Waals surface area contributed by atoms with Crippen LogP contribution in [0.4, 0.5) is 0 Å². The first kappa shape index (κ1) is 44.4. The molecule has 0 radical (unpaired) electrons. The average Bonchev–Trinajstić information content (AvgIpc) is 4.38. The molecular weight excluding hydrogens is 1020 g/mol. The van der Waals surface area contributed by atoms with Crippen LogP contribution in [0.5, 0.6) is 0 Å². The molecule has 0 bridgehead atoms. The van der Waals surface area contributed by atoms with Crippen molar-refractivity contribution in [3.05, 3.63) is 267 Å². The summed E-state index contributed by atoms with van der Waals surface area (Å²) in [5.74, 6) is 0. The van der Waals surface area contributed by atoms with Crippen LogP contribution in [0, 0.1) is 0 Å². The third kappa shape index (κ3) is 6.90. The summed E-state index contributed by atoms with van der Waals surface area (Å²) >= 11 is 0.139. The Hall–Kier alpha value is -9.76. The van der Waals surface area contributed by atoms with Gasteiger partial charge in [-0.3, -0.25) is 0 Å². The van der Waals surface area contributed by atoms with E-state index >= 15 is 0 Å². The van der Waals surface area contributed by atoms with Crippen molar-refractivity contribution < 1.29 is 8.83 Å². The maximum atomic E-state index is 6.46. The van der Waals surface area contributed by atoms with Crippen molar-refractivity contribution in [2.75, 3.05) is 0 Å². The minimum atomic E-state index is 0.139.